The predicted molar refractivity (Wildman–Crippen MR) is 98.2 cm³/mol. The van der Waals surface area contributed by atoms with Crippen LogP contribution in [0.3, 0.4) is 0 Å². The zero-order valence-electron chi connectivity index (χ0n) is 11.8. The molecule has 1 unspecified atom stereocenters. The molecule has 1 fully saturated rings. The summed E-state index contributed by atoms with van der Waals surface area (Å²) in [5.74, 6) is -1.61. The van der Waals surface area contributed by atoms with Crippen molar-refractivity contribution < 1.29 is 13.2 Å². The lowest BCUT2D eigenvalue weighted by molar-refractivity contribution is -0.118. The number of hydrogen-bond donors (Lipinski definition) is 1. The average Bonchev–Trinajstić information content (AvgIpc) is 2.45. The van der Waals surface area contributed by atoms with Crippen LogP contribution in [0, 0.1) is 0 Å². The Labute approximate surface area is 169 Å². The van der Waals surface area contributed by atoms with E-state index in [0.29, 0.717) is 13.1 Å². The van der Waals surface area contributed by atoms with Crippen LogP contribution in [0.25, 0.3) is 0 Å². The van der Waals surface area contributed by atoms with Crippen molar-refractivity contribution in [3.63, 3.8) is 0 Å². The highest BCUT2D eigenvalue weighted by atomic mass is 35.6. The lowest BCUT2D eigenvalue weighted by Crippen LogP contribution is -2.49. The van der Waals surface area contributed by atoms with Crippen molar-refractivity contribution in [1.82, 2.24) is 9.62 Å². The molecule has 0 spiro atoms. The molecule has 2 aliphatic rings. The maximum Gasteiger partial charge on any atom is 0.494 e. The lowest BCUT2D eigenvalue weighted by Gasteiger charge is -2.28. The normalized spacial score (nSPS) is 25.5. The maximum atomic E-state index is 12.8. The number of nitrogens with zero attached hydrogens (tertiary/aromatic N) is 3. The van der Waals surface area contributed by atoms with E-state index in [9.17, 15) is 9.00 Å². The molecule has 0 aromatic carbocycles. The van der Waals surface area contributed by atoms with Gasteiger partial charge in [-0.05, 0) is 19.3 Å². The minimum Gasteiger partial charge on any atom is -0.322 e. The molecule has 14 heteroatoms. The smallest absolute Gasteiger partial charge is 0.322 e. The molecule has 2 heterocycles. The van der Waals surface area contributed by atoms with Crippen LogP contribution in [0.15, 0.2) is 9.39 Å². The summed E-state index contributed by atoms with van der Waals surface area (Å²) >= 11 is 33.7. The largest absolute Gasteiger partial charge is 0.494 e. The average molecular weight is 480 g/mol. The quantitative estimate of drug-likeness (QED) is 0.461. The van der Waals surface area contributed by atoms with Crippen LogP contribution in [0.5, 0.6) is 0 Å². The fourth-order valence-electron chi connectivity index (χ4n) is 1.91. The first-order chi connectivity index (χ1) is 10.9. The van der Waals surface area contributed by atoms with Crippen molar-refractivity contribution in [2.45, 2.75) is 26.8 Å². The number of amidine groups is 2. The van der Waals surface area contributed by atoms with Crippen LogP contribution >= 0.6 is 69.6 Å². The van der Waals surface area contributed by atoms with Gasteiger partial charge in [-0.15, -0.1) is 4.72 Å². The number of likely N-dealkylation sites (tertiary alicyclic amines) is 1. The topological polar surface area (TPSA) is 83.4 Å². The van der Waals surface area contributed by atoms with E-state index in [1.807, 2.05) is 4.72 Å². The summed E-state index contributed by atoms with van der Waals surface area (Å²) in [5, 5.41) is 0. The highest BCUT2D eigenvalue weighted by molar-refractivity contribution is 7.96. The molecule has 2 aliphatic heterocycles. The molecular formula is C10H11Cl6N4O3S+. The van der Waals surface area contributed by atoms with E-state index in [2.05, 4.69) is 9.39 Å². The van der Waals surface area contributed by atoms with Gasteiger partial charge < -0.3 is 4.90 Å². The maximum absolute atomic E-state index is 12.8. The molecule has 0 aromatic rings. The third-order valence-electron chi connectivity index (χ3n) is 2.95. The second kappa shape index (κ2) is 7.50. The van der Waals surface area contributed by atoms with Gasteiger partial charge in [-0.1, -0.05) is 69.6 Å². The second-order valence-corrected chi connectivity index (χ2v) is 10.9. The number of piperidine rings is 1. The Morgan fingerprint density at radius 1 is 1.12 bits per heavy atom. The number of hydrogen-bond acceptors (Lipinski definition) is 5. The third-order valence-corrected chi connectivity index (χ3v) is 5.21. The first-order valence-electron chi connectivity index (χ1n) is 6.54. The number of aliphatic imine (C=N–C) groups is 1. The SMILES string of the molecule is O=C(N[S+]1(=O)N=C(C(Cl)(Cl)Cl)N=C(N2CCCCC2)O1)C(Cl)(Cl)Cl. The monoisotopic (exact) mass is 477 g/mol. The van der Waals surface area contributed by atoms with Gasteiger partial charge in [0, 0.05) is 21.7 Å². The first kappa shape index (κ1) is 20.6. The molecule has 1 amide bonds. The number of rotatable bonds is 1. The van der Waals surface area contributed by atoms with E-state index in [1.54, 1.807) is 4.90 Å². The fraction of sp³-hybridized carbons (Fsp3) is 0.700. The van der Waals surface area contributed by atoms with Gasteiger partial charge in [0.2, 0.25) is 5.84 Å². The Hall–Kier alpha value is 0.300. The molecule has 24 heavy (non-hydrogen) atoms. The molecule has 0 aromatic heterocycles. The van der Waals surface area contributed by atoms with E-state index in [-0.39, 0.29) is 6.02 Å². The number of amides is 1. The Morgan fingerprint density at radius 2 is 1.71 bits per heavy atom. The summed E-state index contributed by atoms with van der Waals surface area (Å²) in [7, 11) is -3.89. The minimum absolute atomic E-state index is 0.0827. The van der Waals surface area contributed by atoms with Crippen molar-refractivity contribution in [2.75, 3.05) is 13.1 Å². The van der Waals surface area contributed by atoms with E-state index >= 15 is 0 Å². The van der Waals surface area contributed by atoms with Crippen molar-refractivity contribution in [1.29, 1.82) is 0 Å². The number of alkyl halides is 6. The van der Waals surface area contributed by atoms with E-state index in [0.717, 1.165) is 19.3 Å². The molecule has 0 bridgehead atoms. The van der Waals surface area contributed by atoms with Crippen LogP contribution in [-0.2, 0) is 23.8 Å². The van der Waals surface area contributed by atoms with Crippen LogP contribution in [0.2, 0.25) is 0 Å². The number of nitrogens with one attached hydrogen (secondary N) is 1. The molecule has 1 atom stereocenters. The summed E-state index contributed by atoms with van der Waals surface area (Å²) in [6.07, 6.45) is 2.79. The molecule has 0 aliphatic carbocycles. The van der Waals surface area contributed by atoms with Crippen LogP contribution < -0.4 is 4.72 Å². The molecule has 1 N–H and O–H groups in total. The minimum atomic E-state index is -3.89. The third kappa shape index (κ3) is 5.40. The zero-order valence-corrected chi connectivity index (χ0v) is 17.1. The van der Waals surface area contributed by atoms with Gasteiger partial charge in [-0.2, -0.15) is 9.18 Å². The molecule has 7 nitrogen and oxygen atoms in total. The van der Waals surface area contributed by atoms with Crippen LogP contribution in [0.4, 0.5) is 0 Å². The van der Waals surface area contributed by atoms with Gasteiger partial charge in [0.25, 0.3) is 7.59 Å². The van der Waals surface area contributed by atoms with Crippen molar-refractivity contribution >= 4 is 98.0 Å². The van der Waals surface area contributed by atoms with E-state index in [4.69, 9.17) is 73.8 Å². The Bertz CT molecular complexity index is 623. The van der Waals surface area contributed by atoms with E-state index < -0.39 is 29.9 Å². The van der Waals surface area contributed by atoms with Gasteiger partial charge >= 0.3 is 22.5 Å². The molecule has 0 radical (unpaired) electrons. The summed E-state index contributed by atoms with van der Waals surface area (Å²) in [6.45, 7) is 1.19. The van der Waals surface area contributed by atoms with Crippen molar-refractivity contribution in [3.8, 4) is 0 Å². The van der Waals surface area contributed by atoms with Crippen molar-refractivity contribution in [3.05, 3.63) is 0 Å². The van der Waals surface area contributed by atoms with Crippen LogP contribution in [-0.4, -0.2) is 43.3 Å². The zero-order chi connectivity index (χ0) is 18.2. The summed E-state index contributed by atoms with van der Waals surface area (Å²) < 4.78 is 19.0. The van der Waals surface area contributed by atoms with Crippen molar-refractivity contribution in [2.24, 2.45) is 9.39 Å². The van der Waals surface area contributed by atoms with Gasteiger partial charge in [-0.25, -0.2) is 0 Å². The summed E-state index contributed by atoms with van der Waals surface area (Å²) in [6, 6.07) is -0.0827. The van der Waals surface area contributed by atoms with Gasteiger partial charge in [0.05, 0.1) is 0 Å². The molecule has 136 valence electrons. The van der Waals surface area contributed by atoms with Gasteiger partial charge in [0.1, 0.15) is 0 Å². The number of carbonyl (C=O) groups is 1. The predicted octanol–water partition coefficient (Wildman–Crippen LogP) is 3.36. The molecular weight excluding hydrogens is 469 g/mol. The molecule has 0 saturated carbocycles. The Kier molecular flexibility index (Phi) is 6.44. The first-order valence-corrected chi connectivity index (χ1v) is 10.2. The standard InChI is InChI=1S/C10H10Cl6N4O3S/c11-9(12,13)6-17-8(20-4-2-1-3-5-20)23-24(22,18-6)19-7(21)10(14,15)16/h1-5H2/p+1. The highest BCUT2D eigenvalue weighted by Crippen LogP contribution is 2.33. The highest BCUT2D eigenvalue weighted by Gasteiger charge is 2.50. The Balaban J connectivity index is 2.33. The fourth-order valence-corrected chi connectivity index (χ4v) is 3.88. The van der Waals surface area contributed by atoms with Gasteiger partial charge in [0.15, 0.2) is 0 Å². The van der Waals surface area contributed by atoms with Crippen LogP contribution in [0.1, 0.15) is 19.3 Å². The number of halogens is 6. The summed E-state index contributed by atoms with van der Waals surface area (Å²) in [5.41, 5.74) is 0. The second-order valence-electron chi connectivity index (χ2n) is 4.84. The van der Waals surface area contributed by atoms with E-state index in [1.165, 1.54) is 0 Å². The summed E-state index contributed by atoms with van der Waals surface area (Å²) in [4.78, 5) is 17.5. The lowest BCUT2D eigenvalue weighted by atomic mass is 10.1. The molecule has 1 saturated heterocycles. The van der Waals surface area contributed by atoms with Gasteiger partial charge in [-0.3, -0.25) is 4.79 Å². The number of carbonyl (C=O) groups excluding carboxylic acids is 1. The molecule has 2 rings (SSSR count). The Morgan fingerprint density at radius 3 is 2.21 bits per heavy atom.